The van der Waals surface area contributed by atoms with Gasteiger partial charge >= 0.3 is 5.97 Å². The summed E-state index contributed by atoms with van der Waals surface area (Å²) in [5.41, 5.74) is 1.98. The van der Waals surface area contributed by atoms with Crippen molar-refractivity contribution < 1.29 is 9.53 Å². The fraction of sp³-hybridized carbons (Fsp3) is 0.615. The highest BCUT2D eigenvalue weighted by Gasteiger charge is 2.44. The van der Waals surface area contributed by atoms with E-state index in [1.165, 1.54) is 18.4 Å². The molecule has 2 aliphatic rings. The minimum absolute atomic E-state index is 0.110. The minimum atomic E-state index is -0.233. The molecule has 0 radical (unpaired) electrons. The second-order valence-electron chi connectivity index (χ2n) is 4.74. The van der Waals surface area contributed by atoms with Gasteiger partial charge < -0.3 is 4.74 Å². The molecule has 0 amide bonds. The van der Waals surface area contributed by atoms with E-state index in [1.807, 2.05) is 0 Å². The van der Waals surface area contributed by atoms with Gasteiger partial charge in [-0.1, -0.05) is 18.2 Å². The molecular formula is C13H18O2. The topological polar surface area (TPSA) is 26.3 Å². The van der Waals surface area contributed by atoms with Crippen LogP contribution in [0, 0.1) is 11.8 Å². The predicted octanol–water partition coefficient (Wildman–Crippen LogP) is 2.85. The second kappa shape index (κ2) is 3.84. The molecule has 2 heteroatoms. The van der Waals surface area contributed by atoms with Crippen molar-refractivity contribution in [3.05, 3.63) is 23.8 Å². The van der Waals surface area contributed by atoms with Crippen molar-refractivity contribution in [2.75, 3.05) is 0 Å². The first-order valence-corrected chi connectivity index (χ1v) is 5.63. The summed E-state index contributed by atoms with van der Waals surface area (Å²) in [4.78, 5) is 11.4. The summed E-state index contributed by atoms with van der Waals surface area (Å²) in [6.45, 7) is 7.39. The molecule has 0 N–H and O–H groups in total. The van der Waals surface area contributed by atoms with Crippen molar-refractivity contribution >= 4 is 5.97 Å². The van der Waals surface area contributed by atoms with Crippen molar-refractivity contribution in [1.82, 2.24) is 0 Å². The Morgan fingerprint density at radius 1 is 1.53 bits per heavy atom. The van der Waals surface area contributed by atoms with Gasteiger partial charge in [-0.15, -0.1) is 0 Å². The van der Waals surface area contributed by atoms with E-state index < -0.39 is 0 Å². The summed E-state index contributed by atoms with van der Waals surface area (Å²) in [7, 11) is 0. The lowest BCUT2D eigenvalue weighted by atomic mass is 9.92. The summed E-state index contributed by atoms with van der Waals surface area (Å²) < 4.78 is 5.46. The van der Waals surface area contributed by atoms with Gasteiger partial charge in [-0.25, -0.2) is 4.79 Å². The quantitative estimate of drug-likeness (QED) is 0.394. The van der Waals surface area contributed by atoms with Crippen LogP contribution in [0.4, 0.5) is 0 Å². The minimum Gasteiger partial charge on any atom is -0.458 e. The van der Waals surface area contributed by atoms with E-state index >= 15 is 0 Å². The average molecular weight is 206 g/mol. The van der Waals surface area contributed by atoms with Gasteiger partial charge in [-0.3, -0.25) is 0 Å². The molecule has 0 aromatic heterocycles. The lowest BCUT2D eigenvalue weighted by Gasteiger charge is -2.24. The zero-order valence-electron chi connectivity index (χ0n) is 9.45. The summed E-state index contributed by atoms with van der Waals surface area (Å²) in [5.74, 6) is 0.996. The molecule has 0 aliphatic heterocycles. The Hall–Kier alpha value is -1.05. The number of hydrogen-bond acceptors (Lipinski definition) is 2. The van der Waals surface area contributed by atoms with E-state index in [9.17, 15) is 4.79 Å². The average Bonchev–Trinajstić information content (AvgIpc) is 2.75. The first kappa shape index (κ1) is 10.5. The van der Waals surface area contributed by atoms with Crippen LogP contribution in [0.25, 0.3) is 0 Å². The molecule has 0 saturated heterocycles. The van der Waals surface area contributed by atoms with Gasteiger partial charge in [0.1, 0.15) is 6.10 Å². The van der Waals surface area contributed by atoms with E-state index in [0.29, 0.717) is 11.5 Å². The van der Waals surface area contributed by atoms with Crippen molar-refractivity contribution in [2.45, 2.75) is 39.2 Å². The van der Waals surface area contributed by atoms with E-state index in [1.54, 1.807) is 6.92 Å². The molecular weight excluding hydrogens is 188 g/mol. The van der Waals surface area contributed by atoms with Crippen LogP contribution in [0.2, 0.25) is 0 Å². The molecule has 0 aromatic carbocycles. The maximum absolute atomic E-state index is 11.4. The van der Waals surface area contributed by atoms with E-state index in [-0.39, 0.29) is 12.1 Å². The van der Waals surface area contributed by atoms with Crippen LogP contribution in [0.1, 0.15) is 33.1 Å². The van der Waals surface area contributed by atoms with Gasteiger partial charge in [-0.2, -0.15) is 0 Å². The third kappa shape index (κ3) is 1.85. The highest BCUT2D eigenvalue weighted by Crippen LogP contribution is 2.49. The van der Waals surface area contributed by atoms with Crippen LogP contribution in [-0.4, -0.2) is 12.1 Å². The molecule has 2 bridgehead atoms. The lowest BCUT2D eigenvalue weighted by Crippen LogP contribution is -2.25. The molecule has 0 heterocycles. The number of carbonyl (C=O) groups excluding carboxylic acids is 1. The number of carbonyl (C=O) groups is 1. The normalized spacial score (nSPS) is 35.9. The van der Waals surface area contributed by atoms with Crippen molar-refractivity contribution in [3.63, 3.8) is 0 Å². The fourth-order valence-corrected chi connectivity index (χ4v) is 2.84. The monoisotopic (exact) mass is 206 g/mol. The molecule has 3 atom stereocenters. The molecule has 2 nitrogen and oxygen atoms in total. The largest absolute Gasteiger partial charge is 0.458 e. The molecule has 3 unspecified atom stereocenters. The van der Waals surface area contributed by atoms with E-state index in [0.717, 1.165) is 12.3 Å². The van der Waals surface area contributed by atoms with Gasteiger partial charge in [0.25, 0.3) is 0 Å². The molecule has 2 rings (SSSR count). The van der Waals surface area contributed by atoms with Gasteiger partial charge in [0, 0.05) is 11.5 Å². The fourth-order valence-electron chi connectivity index (χ4n) is 2.84. The SMILES string of the molecule is C=C(C)C(=O)OC1CC2C/C(=C\C)C1C2. The standard InChI is InChI=1S/C13H18O2/c1-4-10-5-9-6-11(10)12(7-9)15-13(14)8(2)3/h4,9,11-12H,2,5-7H2,1,3H3/b10-4+. The Bertz CT molecular complexity index is 327. The molecule has 2 aliphatic carbocycles. The second-order valence-corrected chi connectivity index (χ2v) is 4.74. The molecule has 2 fully saturated rings. The Morgan fingerprint density at radius 3 is 2.80 bits per heavy atom. The van der Waals surface area contributed by atoms with E-state index in [2.05, 4.69) is 19.6 Å². The Morgan fingerprint density at radius 2 is 2.27 bits per heavy atom. The number of esters is 1. The Kier molecular flexibility index (Phi) is 2.68. The summed E-state index contributed by atoms with van der Waals surface area (Å²) in [6.07, 6.45) is 5.75. The third-order valence-corrected chi connectivity index (χ3v) is 3.58. The maximum atomic E-state index is 11.4. The summed E-state index contributed by atoms with van der Waals surface area (Å²) >= 11 is 0. The maximum Gasteiger partial charge on any atom is 0.333 e. The van der Waals surface area contributed by atoms with Crippen LogP contribution < -0.4 is 0 Å². The first-order valence-electron chi connectivity index (χ1n) is 5.63. The van der Waals surface area contributed by atoms with Crippen molar-refractivity contribution in [3.8, 4) is 0 Å². The van der Waals surface area contributed by atoms with E-state index in [4.69, 9.17) is 4.74 Å². The van der Waals surface area contributed by atoms with Gasteiger partial charge in [-0.05, 0) is 39.0 Å². The predicted molar refractivity (Wildman–Crippen MR) is 59.3 cm³/mol. The molecule has 0 aromatic rings. The summed E-state index contributed by atoms with van der Waals surface area (Å²) in [5, 5.41) is 0. The van der Waals surface area contributed by atoms with Crippen LogP contribution in [-0.2, 0) is 9.53 Å². The lowest BCUT2D eigenvalue weighted by molar-refractivity contribution is -0.145. The molecule has 15 heavy (non-hydrogen) atoms. The Labute approximate surface area is 91.0 Å². The smallest absolute Gasteiger partial charge is 0.333 e. The van der Waals surface area contributed by atoms with Gasteiger partial charge in [0.15, 0.2) is 0 Å². The number of fused-ring (bicyclic) bond motifs is 2. The first-order chi connectivity index (χ1) is 7.11. The highest BCUT2D eigenvalue weighted by atomic mass is 16.5. The molecule has 2 saturated carbocycles. The van der Waals surface area contributed by atoms with Crippen LogP contribution in [0.3, 0.4) is 0 Å². The number of ether oxygens (including phenoxy) is 1. The number of rotatable bonds is 2. The van der Waals surface area contributed by atoms with Gasteiger partial charge in [0.2, 0.25) is 0 Å². The number of hydrogen-bond donors (Lipinski definition) is 0. The van der Waals surface area contributed by atoms with Crippen LogP contribution >= 0.6 is 0 Å². The molecule has 82 valence electrons. The highest BCUT2D eigenvalue weighted by molar-refractivity contribution is 5.87. The molecule has 0 spiro atoms. The summed E-state index contributed by atoms with van der Waals surface area (Å²) in [6, 6.07) is 0. The third-order valence-electron chi connectivity index (χ3n) is 3.58. The zero-order valence-corrected chi connectivity index (χ0v) is 9.45. The zero-order chi connectivity index (χ0) is 11.0. The van der Waals surface area contributed by atoms with Crippen molar-refractivity contribution in [1.29, 1.82) is 0 Å². The van der Waals surface area contributed by atoms with Crippen molar-refractivity contribution in [2.24, 2.45) is 11.8 Å². The van der Waals surface area contributed by atoms with Crippen LogP contribution in [0.15, 0.2) is 23.8 Å². The Balaban J connectivity index is 2.01. The number of allylic oxidation sites excluding steroid dienone is 1. The van der Waals surface area contributed by atoms with Crippen LogP contribution in [0.5, 0.6) is 0 Å². The van der Waals surface area contributed by atoms with Gasteiger partial charge in [0.05, 0.1) is 0 Å².